The van der Waals surface area contributed by atoms with Crippen LogP contribution in [0.1, 0.15) is 31.7 Å². The van der Waals surface area contributed by atoms with Crippen LogP contribution in [-0.2, 0) is 11.3 Å². The zero-order chi connectivity index (χ0) is 13.1. The van der Waals surface area contributed by atoms with Gasteiger partial charge in [-0.3, -0.25) is 9.69 Å². The van der Waals surface area contributed by atoms with Gasteiger partial charge in [-0.2, -0.15) is 0 Å². The van der Waals surface area contributed by atoms with E-state index in [4.69, 9.17) is 11.6 Å². The maximum absolute atomic E-state index is 11.3. The number of hydrogen-bond acceptors (Lipinski definition) is 2. The fourth-order valence-electron chi connectivity index (χ4n) is 2.53. The Balaban J connectivity index is 2.05. The number of carbonyl (C=O) groups is 1. The minimum Gasteiger partial charge on any atom is -0.300 e. The Morgan fingerprint density at radius 1 is 1.56 bits per heavy atom. The highest BCUT2D eigenvalue weighted by molar-refractivity contribution is 9.10. The Kier molecular flexibility index (Phi) is 4.82. The summed E-state index contributed by atoms with van der Waals surface area (Å²) in [6, 6.07) is 6.38. The largest absolute Gasteiger partial charge is 0.300 e. The lowest BCUT2D eigenvalue weighted by molar-refractivity contribution is -0.118. The summed E-state index contributed by atoms with van der Waals surface area (Å²) in [5.41, 5.74) is 1.13. The van der Waals surface area contributed by atoms with Gasteiger partial charge in [0, 0.05) is 28.5 Å². The molecule has 0 spiro atoms. The van der Waals surface area contributed by atoms with Crippen molar-refractivity contribution in [1.82, 2.24) is 4.90 Å². The fraction of sp³-hybridized carbons (Fsp3) is 0.500. The molecule has 18 heavy (non-hydrogen) atoms. The van der Waals surface area contributed by atoms with Crippen molar-refractivity contribution in [1.29, 1.82) is 0 Å². The van der Waals surface area contributed by atoms with Crippen LogP contribution in [0, 0.1) is 0 Å². The Morgan fingerprint density at radius 2 is 2.33 bits per heavy atom. The summed E-state index contributed by atoms with van der Waals surface area (Å²) >= 11 is 9.65. The van der Waals surface area contributed by atoms with E-state index in [9.17, 15) is 4.79 Å². The molecule has 1 saturated heterocycles. The van der Waals surface area contributed by atoms with E-state index in [1.54, 1.807) is 6.92 Å². The number of carbonyl (C=O) groups excluding carboxylic acids is 1. The van der Waals surface area contributed by atoms with Gasteiger partial charge in [-0.05, 0) is 44.0 Å². The molecule has 1 aromatic carbocycles. The molecule has 1 aliphatic rings. The van der Waals surface area contributed by atoms with Gasteiger partial charge in [-0.1, -0.05) is 33.6 Å². The van der Waals surface area contributed by atoms with Crippen molar-refractivity contribution < 1.29 is 4.79 Å². The van der Waals surface area contributed by atoms with Gasteiger partial charge >= 0.3 is 0 Å². The van der Waals surface area contributed by atoms with Gasteiger partial charge in [0.05, 0.1) is 0 Å². The van der Waals surface area contributed by atoms with E-state index in [2.05, 4.69) is 26.9 Å². The second-order valence-electron chi connectivity index (χ2n) is 4.91. The van der Waals surface area contributed by atoms with E-state index in [1.165, 1.54) is 6.42 Å². The molecule has 1 fully saturated rings. The smallest absolute Gasteiger partial charge is 0.131 e. The summed E-state index contributed by atoms with van der Waals surface area (Å²) in [5.74, 6) is 0.272. The molecule has 0 saturated carbocycles. The average Bonchev–Trinajstić information content (AvgIpc) is 2.69. The molecular weight excluding hydrogens is 314 g/mol. The van der Waals surface area contributed by atoms with Gasteiger partial charge in [-0.15, -0.1) is 0 Å². The molecule has 4 heteroatoms. The highest BCUT2D eigenvalue weighted by Crippen LogP contribution is 2.27. The highest BCUT2D eigenvalue weighted by Gasteiger charge is 2.25. The lowest BCUT2D eigenvalue weighted by Crippen LogP contribution is -2.30. The van der Waals surface area contributed by atoms with E-state index in [0.717, 1.165) is 34.6 Å². The lowest BCUT2D eigenvalue weighted by Gasteiger charge is -2.24. The average molecular weight is 331 g/mol. The summed E-state index contributed by atoms with van der Waals surface area (Å²) in [6.07, 6.45) is 2.95. The number of likely N-dealkylation sites (tertiary alicyclic amines) is 1. The van der Waals surface area contributed by atoms with Crippen LogP contribution in [0.2, 0.25) is 5.02 Å². The van der Waals surface area contributed by atoms with Crippen molar-refractivity contribution in [2.24, 2.45) is 0 Å². The Hall–Kier alpha value is -0.380. The predicted octanol–water partition coefficient (Wildman–Crippen LogP) is 4.05. The van der Waals surface area contributed by atoms with Crippen molar-refractivity contribution in [2.75, 3.05) is 6.54 Å². The third-order valence-corrected chi connectivity index (χ3v) is 4.26. The quantitative estimate of drug-likeness (QED) is 0.830. The molecule has 1 heterocycles. The van der Waals surface area contributed by atoms with Crippen LogP contribution in [0.5, 0.6) is 0 Å². The molecule has 2 nitrogen and oxygen atoms in total. The Morgan fingerprint density at radius 3 is 3.00 bits per heavy atom. The fourth-order valence-corrected chi connectivity index (χ4v) is 3.27. The van der Waals surface area contributed by atoms with Crippen LogP contribution < -0.4 is 0 Å². The Bertz CT molecular complexity index is 449. The van der Waals surface area contributed by atoms with Gasteiger partial charge < -0.3 is 0 Å². The second-order valence-corrected chi connectivity index (χ2v) is 6.23. The van der Waals surface area contributed by atoms with E-state index < -0.39 is 0 Å². The minimum absolute atomic E-state index is 0.272. The second kappa shape index (κ2) is 6.18. The predicted molar refractivity (Wildman–Crippen MR) is 77.9 cm³/mol. The first kappa shape index (κ1) is 14.0. The van der Waals surface area contributed by atoms with Gasteiger partial charge in [0.15, 0.2) is 0 Å². The van der Waals surface area contributed by atoms with E-state index >= 15 is 0 Å². The van der Waals surface area contributed by atoms with Crippen molar-refractivity contribution in [3.05, 3.63) is 33.3 Å². The summed E-state index contributed by atoms with van der Waals surface area (Å²) < 4.78 is 0.998. The molecular formula is C14H17BrClNO. The number of rotatable bonds is 4. The molecule has 0 N–H and O–H groups in total. The topological polar surface area (TPSA) is 20.3 Å². The molecule has 0 bridgehead atoms. The third-order valence-electron chi connectivity index (χ3n) is 3.41. The molecule has 2 rings (SSSR count). The number of halogens is 2. The van der Waals surface area contributed by atoms with Crippen molar-refractivity contribution in [3.63, 3.8) is 0 Å². The van der Waals surface area contributed by atoms with Crippen LogP contribution >= 0.6 is 27.5 Å². The van der Waals surface area contributed by atoms with Crippen molar-refractivity contribution >= 4 is 33.3 Å². The third kappa shape index (κ3) is 3.56. The number of hydrogen-bond donors (Lipinski definition) is 0. The molecule has 0 aliphatic carbocycles. The number of Topliss-reactive ketones (excluding diaryl/α,β-unsaturated/α-hetero) is 1. The van der Waals surface area contributed by atoms with Gasteiger partial charge in [0.1, 0.15) is 5.78 Å². The molecule has 1 aromatic rings. The van der Waals surface area contributed by atoms with E-state index in [0.29, 0.717) is 12.5 Å². The first-order chi connectivity index (χ1) is 8.56. The monoisotopic (exact) mass is 329 g/mol. The summed E-state index contributed by atoms with van der Waals surface area (Å²) in [6.45, 7) is 3.57. The van der Waals surface area contributed by atoms with Crippen molar-refractivity contribution in [2.45, 2.75) is 38.8 Å². The standard InChI is InChI=1S/C14H17BrClNO/c1-10(18)7-13-3-2-6-17(13)9-11-4-5-12(15)8-14(11)16/h4-5,8,13H,2-3,6-7,9H2,1H3. The number of nitrogens with zero attached hydrogens (tertiary/aromatic N) is 1. The Labute approximate surface area is 121 Å². The first-order valence-corrected chi connectivity index (χ1v) is 7.41. The molecule has 0 aromatic heterocycles. The van der Waals surface area contributed by atoms with Gasteiger partial charge in [0.2, 0.25) is 0 Å². The van der Waals surface area contributed by atoms with E-state index in [-0.39, 0.29) is 5.78 Å². The molecule has 1 unspecified atom stereocenters. The van der Waals surface area contributed by atoms with Gasteiger partial charge in [0.25, 0.3) is 0 Å². The zero-order valence-electron chi connectivity index (χ0n) is 10.5. The maximum atomic E-state index is 11.3. The summed E-state index contributed by atoms with van der Waals surface area (Å²) in [4.78, 5) is 13.6. The number of benzene rings is 1. The molecule has 98 valence electrons. The van der Waals surface area contributed by atoms with Crippen LogP contribution in [-0.4, -0.2) is 23.3 Å². The van der Waals surface area contributed by atoms with Crippen molar-refractivity contribution in [3.8, 4) is 0 Å². The lowest BCUT2D eigenvalue weighted by atomic mass is 10.1. The molecule has 1 aliphatic heterocycles. The van der Waals surface area contributed by atoms with Crippen LogP contribution in [0.3, 0.4) is 0 Å². The summed E-state index contributed by atoms with van der Waals surface area (Å²) in [5, 5.41) is 0.790. The first-order valence-electron chi connectivity index (χ1n) is 6.23. The summed E-state index contributed by atoms with van der Waals surface area (Å²) in [7, 11) is 0. The molecule has 0 amide bonds. The zero-order valence-corrected chi connectivity index (χ0v) is 12.8. The van der Waals surface area contributed by atoms with Gasteiger partial charge in [-0.25, -0.2) is 0 Å². The number of ketones is 1. The molecule has 0 radical (unpaired) electrons. The van der Waals surface area contributed by atoms with Crippen LogP contribution in [0.4, 0.5) is 0 Å². The van der Waals surface area contributed by atoms with Crippen LogP contribution in [0.15, 0.2) is 22.7 Å². The van der Waals surface area contributed by atoms with Crippen LogP contribution in [0.25, 0.3) is 0 Å². The highest BCUT2D eigenvalue weighted by atomic mass is 79.9. The SMILES string of the molecule is CC(=O)CC1CCCN1Cc1ccc(Br)cc1Cl. The minimum atomic E-state index is 0.272. The molecule has 1 atom stereocenters. The van der Waals surface area contributed by atoms with E-state index in [1.807, 2.05) is 12.1 Å². The normalized spacial score (nSPS) is 20.3. The maximum Gasteiger partial charge on any atom is 0.131 e.